The molecule has 2 atom stereocenters. The van der Waals surface area contributed by atoms with Gasteiger partial charge in [-0.2, -0.15) is 18.2 Å². The van der Waals surface area contributed by atoms with Gasteiger partial charge in [-0.3, -0.25) is 0 Å². The lowest BCUT2D eigenvalue weighted by Crippen LogP contribution is -2.46. The third-order valence-electron chi connectivity index (χ3n) is 5.24. The standard InChI is InChI=1S/C19H22F4N6O.2ClH/c1-28-6-5-14(12(20)9-28)25-13-3-2-4-15-11(13)7-16(29(15)10-19(21,22)23)18-26-17(8-24)30-27-18;;/h2-4,7,12,14,25H,5-6,8-10,24H2,1H3;2*1H/t12-,14+;;/m0../s1. The first kappa shape index (κ1) is 26.2. The number of hydrogen-bond donors (Lipinski definition) is 2. The van der Waals surface area contributed by atoms with Crippen LogP contribution in [0.15, 0.2) is 28.8 Å². The lowest BCUT2D eigenvalue weighted by Gasteiger charge is -2.33. The SMILES string of the molecule is CN1CC[C@@H](Nc2cccc3c2cc(-c2noc(CN)n2)n3CC(F)(F)F)[C@@H](F)C1.Cl.Cl. The van der Waals surface area contributed by atoms with E-state index in [9.17, 15) is 17.6 Å². The van der Waals surface area contributed by atoms with Crippen molar-refractivity contribution in [1.29, 1.82) is 0 Å². The summed E-state index contributed by atoms with van der Waals surface area (Å²) in [4.78, 5) is 5.98. The molecule has 13 heteroatoms. The molecule has 3 heterocycles. The molecule has 0 aliphatic carbocycles. The van der Waals surface area contributed by atoms with Gasteiger partial charge in [-0.25, -0.2) is 4.39 Å². The second kappa shape index (κ2) is 10.2. The van der Waals surface area contributed by atoms with Crippen molar-refractivity contribution < 1.29 is 22.1 Å². The molecule has 1 aromatic carbocycles. The number of benzene rings is 1. The number of nitrogens with two attached hydrogens (primary N) is 1. The van der Waals surface area contributed by atoms with Gasteiger partial charge in [0, 0.05) is 24.2 Å². The smallest absolute Gasteiger partial charge is 0.379 e. The summed E-state index contributed by atoms with van der Waals surface area (Å²) in [5.74, 6) is 0.142. The highest BCUT2D eigenvalue weighted by Gasteiger charge is 2.32. The molecule has 0 saturated carbocycles. The number of nitrogens with zero attached hydrogens (tertiary/aromatic N) is 4. The molecule has 1 saturated heterocycles. The van der Waals surface area contributed by atoms with Crippen LogP contribution in [0.3, 0.4) is 0 Å². The molecule has 2 aromatic heterocycles. The number of hydrogen-bond acceptors (Lipinski definition) is 6. The van der Waals surface area contributed by atoms with Crippen molar-refractivity contribution in [3.8, 4) is 11.5 Å². The van der Waals surface area contributed by atoms with Crippen LogP contribution in [0.1, 0.15) is 12.3 Å². The molecular formula is C19H24Cl2F4N6O. The number of piperidine rings is 1. The van der Waals surface area contributed by atoms with Crippen molar-refractivity contribution >= 4 is 41.4 Å². The van der Waals surface area contributed by atoms with E-state index in [4.69, 9.17) is 10.3 Å². The Kier molecular flexibility index (Phi) is 8.38. The van der Waals surface area contributed by atoms with Crippen molar-refractivity contribution in [1.82, 2.24) is 19.6 Å². The zero-order chi connectivity index (χ0) is 21.5. The summed E-state index contributed by atoms with van der Waals surface area (Å²) in [6, 6.07) is 6.11. The van der Waals surface area contributed by atoms with E-state index in [1.165, 1.54) is 0 Å². The number of alkyl halides is 4. The lowest BCUT2D eigenvalue weighted by molar-refractivity contribution is -0.139. The summed E-state index contributed by atoms with van der Waals surface area (Å²) in [6.45, 7) is -0.201. The maximum atomic E-state index is 14.5. The zero-order valence-corrected chi connectivity index (χ0v) is 18.7. The van der Waals surface area contributed by atoms with Gasteiger partial charge in [-0.15, -0.1) is 24.8 Å². The van der Waals surface area contributed by atoms with Gasteiger partial charge < -0.3 is 25.0 Å². The molecule has 4 rings (SSSR count). The number of halogens is 6. The summed E-state index contributed by atoms with van der Waals surface area (Å²) < 4.78 is 60.5. The Balaban J connectivity index is 0.00000181. The fourth-order valence-corrected chi connectivity index (χ4v) is 3.81. The molecule has 0 bridgehead atoms. The van der Waals surface area contributed by atoms with E-state index in [-0.39, 0.29) is 48.8 Å². The van der Waals surface area contributed by atoms with E-state index < -0.39 is 24.9 Å². The minimum Gasteiger partial charge on any atom is -0.379 e. The Bertz CT molecular complexity index is 1040. The first-order valence-electron chi connectivity index (χ1n) is 9.56. The van der Waals surface area contributed by atoms with Crippen molar-refractivity contribution in [2.24, 2.45) is 5.73 Å². The number of aromatic nitrogens is 3. The van der Waals surface area contributed by atoms with Crippen LogP contribution in [-0.2, 0) is 13.1 Å². The third-order valence-corrected chi connectivity index (χ3v) is 5.24. The number of rotatable bonds is 5. The van der Waals surface area contributed by atoms with Crippen LogP contribution in [0.5, 0.6) is 0 Å². The maximum absolute atomic E-state index is 14.5. The van der Waals surface area contributed by atoms with Gasteiger partial charge in [0.05, 0.1) is 23.8 Å². The molecule has 32 heavy (non-hydrogen) atoms. The zero-order valence-electron chi connectivity index (χ0n) is 17.1. The highest BCUT2D eigenvalue weighted by Crippen LogP contribution is 2.35. The average Bonchev–Trinajstić information content (AvgIpc) is 3.28. The summed E-state index contributed by atoms with van der Waals surface area (Å²) in [6.07, 6.45) is -4.95. The molecule has 0 unspecified atom stereocenters. The Morgan fingerprint density at radius 3 is 2.66 bits per heavy atom. The molecule has 1 aliphatic rings. The number of anilines is 1. The average molecular weight is 499 g/mol. The largest absolute Gasteiger partial charge is 0.406 e. The Hall–Kier alpha value is -2.08. The minimum absolute atomic E-state index is 0. The number of likely N-dealkylation sites (tertiary alicyclic amines) is 1. The van der Waals surface area contributed by atoms with Gasteiger partial charge in [0.1, 0.15) is 12.7 Å². The third kappa shape index (κ3) is 5.45. The minimum atomic E-state index is -4.46. The predicted octanol–water partition coefficient (Wildman–Crippen LogP) is 4.01. The molecule has 1 aliphatic heterocycles. The van der Waals surface area contributed by atoms with Crippen molar-refractivity contribution in [3.63, 3.8) is 0 Å². The number of nitrogens with one attached hydrogen (secondary N) is 1. The molecule has 3 aromatic rings. The van der Waals surface area contributed by atoms with Crippen LogP contribution in [-0.4, -0.2) is 58.1 Å². The second-order valence-electron chi connectivity index (χ2n) is 7.50. The fraction of sp³-hybridized carbons (Fsp3) is 0.474. The monoisotopic (exact) mass is 498 g/mol. The summed E-state index contributed by atoms with van der Waals surface area (Å²) in [5.41, 5.74) is 6.53. The predicted molar refractivity (Wildman–Crippen MR) is 118 cm³/mol. The van der Waals surface area contributed by atoms with Gasteiger partial charge in [0.2, 0.25) is 11.7 Å². The van der Waals surface area contributed by atoms with Crippen LogP contribution in [0.2, 0.25) is 0 Å². The van der Waals surface area contributed by atoms with Crippen molar-refractivity contribution in [3.05, 3.63) is 30.2 Å². The fourth-order valence-electron chi connectivity index (χ4n) is 3.81. The topological polar surface area (TPSA) is 85.1 Å². The summed E-state index contributed by atoms with van der Waals surface area (Å²) in [5, 5.41) is 7.48. The molecule has 0 spiro atoms. The first-order valence-corrected chi connectivity index (χ1v) is 9.56. The molecule has 1 fully saturated rings. The van der Waals surface area contributed by atoms with Gasteiger partial charge in [-0.05, 0) is 31.7 Å². The number of fused-ring (bicyclic) bond motifs is 1. The van der Waals surface area contributed by atoms with E-state index in [1.807, 2.05) is 11.9 Å². The maximum Gasteiger partial charge on any atom is 0.406 e. The van der Waals surface area contributed by atoms with Crippen molar-refractivity contribution in [2.45, 2.75) is 37.9 Å². The highest BCUT2D eigenvalue weighted by atomic mass is 35.5. The van der Waals surface area contributed by atoms with E-state index in [2.05, 4.69) is 15.5 Å². The van der Waals surface area contributed by atoms with Crippen molar-refractivity contribution in [2.75, 3.05) is 25.5 Å². The lowest BCUT2D eigenvalue weighted by atomic mass is 10.0. The van der Waals surface area contributed by atoms with Gasteiger partial charge in [0.25, 0.3) is 0 Å². The van der Waals surface area contributed by atoms with E-state index in [0.29, 0.717) is 29.6 Å². The quantitative estimate of drug-likeness (QED) is 0.517. The Morgan fingerprint density at radius 1 is 1.28 bits per heavy atom. The summed E-state index contributed by atoms with van der Waals surface area (Å²) in [7, 11) is 1.85. The van der Waals surface area contributed by atoms with Crippen LogP contribution < -0.4 is 11.1 Å². The molecule has 0 amide bonds. The molecule has 7 nitrogen and oxygen atoms in total. The molecule has 178 valence electrons. The van der Waals surface area contributed by atoms with Gasteiger partial charge in [0.15, 0.2) is 0 Å². The van der Waals surface area contributed by atoms with Crippen LogP contribution in [0.25, 0.3) is 22.4 Å². The van der Waals surface area contributed by atoms with E-state index in [0.717, 1.165) is 11.1 Å². The highest BCUT2D eigenvalue weighted by molar-refractivity contribution is 5.96. The second-order valence-corrected chi connectivity index (χ2v) is 7.50. The Morgan fingerprint density at radius 2 is 2.03 bits per heavy atom. The van der Waals surface area contributed by atoms with E-state index in [1.54, 1.807) is 24.3 Å². The van der Waals surface area contributed by atoms with Gasteiger partial charge >= 0.3 is 6.18 Å². The molecule has 3 N–H and O–H groups in total. The van der Waals surface area contributed by atoms with Crippen LogP contribution in [0, 0.1) is 0 Å². The molecule has 0 radical (unpaired) electrons. The molecular weight excluding hydrogens is 475 g/mol. The van der Waals surface area contributed by atoms with Crippen LogP contribution in [0.4, 0.5) is 23.2 Å². The Labute approximate surface area is 194 Å². The van der Waals surface area contributed by atoms with Gasteiger partial charge in [-0.1, -0.05) is 11.2 Å². The summed E-state index contributed by atoms with van der Waals surface area (Å²) >= 11 is 0. The van der Waals surface area contributed by atoms with Crippen LogP contribution >= 0.6 is 24.8 Å². The van der Waals surface area contributed by atoms with E-state index >= 15 is 0 Å². The first-order chi connectivity index (χ1) is 14.2. The normalized spacial score (nSPS) is 19.4.